The SMILES string of the molecule is NC(=O)c1cn(C2CC2)nc1O[C@H]1CC2(C1)C[C@H](N1C(=O)NC(Cc3ccccc3)C1=O)C2. The van der Waals surface area contributed by atoms with Crippen LogP contribution in [0.2, 0.25) is 0 Å². The van der Waals surface area contributed by atoms with Crippen molar-refractivity contribution >= 4 is 17.8 Å². The van der Waals surface area contributed by atoms with Gasteiger partial charge in [0.25, 0.3) is 11.8 Å². The zero-order valence-corrected chi connectivity index (χ0v) is 18.3. The number of amides is 4. The number of nitrogens with two attached hydrogens (primary N) is 1. The fraction of sp³-hybridized carbons (Fsp3) is 0.500. The van der Waals surface area contributed by atoms with Gasteiger partial charge in [-0.05, 0) is 49.5 Å². The van der Waals surface area contributed by atoms with E-state index in [4.69, 9.17) is 10.5 Å². The molecule has 0 bridgehead atoms. The highest BCUT2D eigenvalue weighted by molar-refractivity contribution is 6.04. The molecule has 2 aromatic rings. The molecule has 4 amide bonds. The van der Waals surface area contributed by atoms with Crippen LogP contribution in [0.4, 0.5) is 4.79 Å². The first kappa shape index (κ1) is 20.3. The van der Waals surface area contributed by atoms with Crippen LogP contribution in [0, 0.1) is 5.41 Å². The van der Waals surface area contributed by atoms with E-state index in [9.17, 15) is 14.4 Å². The first-order chi connectivity index (χ1) is 15.9. The van der Waals surface area contributed by atoms with Crippen molar-refractivity contribution in [2.24, 2.45) is 11.1 Å². The smallest absolute Gasteiger partial charge is 0.325 e. The number of hydrogen-bond donors (Lipinski definition) is 2. The quantitative estimate of drug-likeness (QED) is 0.628. The third-order valence-electron chi connectivity index (χ3n) is 7.52. The molecule has 33 heavy (non-hydrogen) atoms. The molecule has 1 aromatic heterocycles. The summed E-state index contributed by atoms with van der Waals surface area (Å²) < 4.78 is 7.81. The predicted molar refractivity (Wildman–Crippen MR) is 117 cm³/mol. The van der Waals surface area contributed by atoms with E-state index in [1.807, 2.05) is 30.3 Å². The molecule has 3 aliphatic carbocycles. The van der Waals surface area contributed by atoms with Crippen LogP contribution in [0.25, 0.3) is 0 Å². The van der Waals surface area contributed by atoms with Crippen LogP contribution < -0.4 is 15.8 Å². The maximum absolute atomic E-state index is 12.9. The molecule has 1 spiro atoms. The molecule has 9 nitrogen and oxygen atoms in total. The Hall–Kier alpha value is -3.36. The number of ether oxygens (including phenoxy) is 1. The number of rotatable bonds is 7. The molecular weight excluding hydrogens is 422 g/mol. The van der Waals surface area contributed by atoms with E-state index in [1.165, 1.54) is 4.90 Å². The number of benzene rings is 1. The maximum atomic E-state index is 12.9. The first-order valence-corrected chi connectivity index (χ1v) is 11.6. The number of carbonyl (C=O) groups excluding carboxylic acids is 3. The van der Waals surface area contributed by atoms with Crippen molar-refractivity contribution in [1.29, 1.82) is 0 Å². The van der Waals surface area contributed by atoms with Gasteiger partial charge in [0.05, 0.1) is 6.04 Å². The highest BCUT2D eigenvalue weighted by Gasteiger charge is 2.58. The molecule has 1 unspecified atom stereocenters. The van der Waals surface area contributed by atoms with E-state index in [1.54, 1.807) is 10.9 Å². The van der Waals surface area contributed by atoms with Crippen LogP contribution in [0.5, 0.6) is 5.88 Å². The molecule has 6 rings (SSSR count). The highest BCUT2D eigenvalue weighted by atomic mass is 16.5. The Morgan fingerprint density at radius 2 is 1.85 bits per heavy atom. The first-order valence-electron chi connectivity index (χ1n) is 11.6. The topological polar surface area (TPSA) is 120 Å². The van der Waals surface area contributed by atoms with Gasteiger partial charge in [-0.2, -0.15) is 0 Å². The van der Waals surface area contributed by atoms with E-state index in [2.05, 4.69) is 10.4 Å². The van der Waals surface area contributed by atoms with Gasteiger partial charge in [-0.15, -0.1) is 5.10 Å². The Labute approximate surface area is 191 Å². The van der Waals surface area contributed by atoms with Crippen molar-refractivity contribution in [3.05, 3.63) is 47.7 Å². The number of hydrogen-bond acceptors (Lipinski definition) is 5. The lowest BCUT2D eigenvalue weighted by atomic mass is 9.52. The summed E-state index contributed by atoms with van der Waals surface area (Å²) in [6.07, 6.45) is 7.53. The summed E-state index contributed by atoms with van der Waals surface area (Å²) in [5.41, 5.74) is 6.96. The number of aromatic nitrogens is 2. The summed E-state index contributed by atoms with van der Waals surface area (Å²) in [5.74, 6) is -0.339. The summed E-state index contributed by atoms with van der Waals surface area (Å²) in [5, 5.41) is 7.28. The third kappa shape index (κ3) is 3.55. The number of urea groups is 1. The van der Waals surface area contributed by atoms with Crippen molar-refractivity contribution in [2.75, 3.05) is 0 Å². The molecule has 172 valence electrons. The Bertz CT molecular complexity index is 1110. The molecule has 4 fully saturated rings. The average molecular weight is 450 g/mol. The number of carbonyl (C=O) groups is 3. The van der Waals surface area contributed by atoms with Crippen LogP contribution in [0.3, 0.4) is 0 Å². The molecule has 1 aromatic carbocycles. The minimum Gasteiger partial charge on any atom is -0.473 e. The number of nitrogens with zero attached hydrogens (tertiary/aromatic N) is 3. The van der Waals surface area contributed by atoms with Crippen LogP contribution in [0.1, 0.15) is 60.5 Å². The minimum atomic E-state index is -0.529. The van der Waals surface area contributed by atoms with Crippen LogP contribution >= 0.6 is 0 Å². The van der Waals surface area contributed by atoms with Gasteiger partial charge >= 0.3 is 6.03 Å². The largest absolute Gasteiger partial charge is 0.473 e. The number of primary amides is 1. The van der Waals surface area contributed by atoms with Gasteiger partial charge in [0.15, 0.2) is 0 Å². The van der Waals surface area contributed by atoms with E-state index < -0.39 is 11.9 Å². The summed E-state index contributed by atoms with van der Waals surface area (Å²) >= 11 is 0. The number of imide groups is 1. The van der Waals surface area contributed by atoms with Gasteiger partial charge in [-0.25, -0.2) is 4.79 Å². The lowest BCUT2D eigenvalue weighted by molar-refractivity contribution is -0.140. The fourth-order valence-electron chi connectivity index (χ4n) is 5.64. The zero-order valence-electron chi connectivity index (χ0n) is 18.3. The molecule has 4 aliphatic rings. The molecular formula is C24H27N5O4. The van der Waals surface area contributed by atoms with Crippen LogP contribution in [0.15, 0.2) is 36.5 Å². The maximum Gasteiger partial charge on any atom is 0.325 e. The Balaban J connectivity index is 1.04. The average Bonchev–Trinajstić information content (AvgIpc) is 3.44. The molecule has 1 atom stereocenters. The zero-order chi connectivity index (χ0) is 22.7. The van der Waals surface area contributed by atoms with E-state index in [-0.39, 0.29) is 29.5 Å². The van der Waals surface area contributed by atoms with Crippen molar-refractivity contribution in [3.63, 3.8) is 0 Å². The van der Waals surface area contributed by atoms with Crippen molar-refractivity contribution < 1.29 is 19.1 Å². The Morgan fingerprint density at radius 3 is 2.52 bits per heavy atom. The predicted octanol–water partition coefficient (Wildman–Crippen LogP) is 2.17. The minimum absolute atomic E-state index is 0.0273. The molecule has 1 aliphatic heterocycles. The van der Waals surface area contributed by atoms with E-state index >= 15 is 0 Å². The number of nitrogens with one attached hydrogen (secondary N) is 1. The molecule has 3 N–H and O–H groups in total. The van der Waals surface area contributed by atoms with Crippen LogP contribution in [-0.2, 0) is 11.2 Å². The molecule has 2 heterocycles. The second-order valence-corrected chi connectivity index (χ2v) is 10.0. The van der Waals surface area contributed by atoms with E-state index in [0.29, 0.717) is 23.9 Å². The second kappa shape index (κ2) is 7.33. The molecule has 1 saturated heterocycles. The molecule has 3 saturated carbocycles. The summed E-state index contributed by atoms with van der Waals surface area (Å²) in [6, 6.07) is 9.22. The molecule has 9 heteroatoms. The van der Waals surface area contributed by atoms with Crippen molar-refractivity contribution in [3.8, 4) is 5.88 Å². The van der Waals surface area contributed by atoms with Gasteiger partial charge < -0.3 is 15.8 Å². The summed E-state index contributed by atoms with van der Waals surface area (Å²) in [7, 11) is 0. The van der Waals surface area contributed by atoms with Gasteiger partial charge in [0, 0.05) is 18.7 Å². The second-order valence-electron chi connectivity index (χ2n) is 10.0. The summed E-state index contributed by atoms with van der Waals surface area (Å²) in [4.78, 5) is 38.6. The molecule has 0 radical (unpaired) electrons. The van der Waals surface area contributed by atoms with Gasteiger partial charge in [-0.1, -0.05) is 30.3 Å². The summed E-state index contributed by atoms with van der Waals surface area (Å²) in [6.45, 7) is 0. The Kier molecular flexibility index (Phi) is 4.50. The Morgan fingerprint density at radius 1 is 1.12 bits per heavy atom. The van der Waals surface area contributed by atoms with Crippen molar-refractivity contribution in [1.82, 2.24) is 20.0 Å². The monoisotopic (exact) mass is 449 g/mol. The highest BCUT2D eigenvalue weighted by Crippen LogP contribution is 2.58. The van der Waals surface area contributed by atoms with Crippen molar-refractivity contribution in [2.45, 2.75) is 69.2 Å². The third-order valence-corrected chi connectivity index (χ3v) is 7.52. The standard InChI is InChI=1S/C24H27N5O4/c25-20(30)18-13-28(15-6-7-15)27-21(18)33-17-11-24(12-17)9-16(10-24)29-22(31)19(26-23(29)32)8-14-4-2-1-3-5-14/h1-5,13,15-17,19H,6-12H2,(H2,25,30)(H,26,32)/t16-,17-,19?,24?. The van der Waals surface area contributed by atoms with Gasteiger partial charge in [0.2, 0.25) is 5.88 Å². The normalized spacial score (nSPS) is 30.7. The van der Waals surface area contributed by atoms with Crippen LogP contribution in [-0.4, -0.2) is 50.7 Å². The lowest BCUT2D eigenvalue weighted by Gasteiger charge is -2.58. The fourth-order valence-corrected chi connectivity index (χ4v) is 5.64. The van der Waals surface area contributed by atoms with E-state index in [0.717, 1.165) is 44.1 Å². The lowest BCUT2D eigenvalue weighted by Crippen LogP contribution is -2.60. The van der Waals surface area contributed by atoms with Gasteiger partial charge in [-0.3, -0.25) is 19.2 Å². The van der Waals surface area contributed by atoms with Gasteiger partial charge in [0.1, 0.15) is 17.7 Å².